The SMILES string of the molecule is C[C@@]1(Cl)C[C@@H]1c1ccccc1. The summed E-state index contributed by atoms with van der Waals surface area (Å²) in [5.41, 5.74) is 1.38. The Labute approximate surface area is 72.2 Å². The van der Waals surface area contributed by atoms with Crippen LogP contribution in [0, 0.1) is 0 Å². The zero-order valence-corrected chi connectivity index (χ0v) is 7.31. The van der Waals surface area contributed by atoms with Crippen molar-refractivity contribution in [3.05, 3.63) is 35.9 Å². The van der Waals surface area contributed by atoms with E-state index in [0.29, 0.717) is 5.92 Å². The summed E-state index contributed by atoms with van der Waals surface area (Å²) >= 11 is 6.14. The number of alkyl halides is 1. The van der Waals surface area contributed by atoms with Crippen LogP contribution < -0.4 is 0 Å². The van der Waals surface area contributed by atoms with Crippen molar-refractivity contribution >= 4 is 11.6 Å². The molecule has 0 unspecified atom stereocenters. The Morgan fingerprint density at radius 2 is 1.91 bits per heavy atom. The highest BCUT2D eigenvalue weighted by Crippen LogP contribution is 2.55. The van der Waals surface area contributed by atoms with Crippen molar-refractivity contribution in [3.63, 3.8) is 0 Å². The van der Waals surface area contributed by atoms with Gasteiger partial charge in [-0.25, -0.2) is 0 Å². The van der Waals surface area contributed by atoms with E-state index in [0.717, 1.165) is 6.42 Å². The molecule has 0 amide bonds. The summed E-state index contributed by atoms with van der Waals surface area (Å²) in [6.45, 7) is 2.10. The third-order valence-corrected chi connectivity index (χ3v) is 2.79. The van der Waals surface area contributed by atoms with E-state index in [1.807, 2.05) is 6.07 Å². The number of rotatable bonds is 1. The van der Waals surface area contributed by atoms with Crippen LogP contribution in [0.4, 0.5) is 0 Å². The second-order valence-electron chi connectivity index (χ2n) is 3.45. The van der Waals surface area contributed by atoms with Crippen LogP contribution in [-0.2, 0) is 0 Å². The van der Waals surface area contributed by atoms with Gasteiger partial charge in [0.2, 0.25) is 0 Å². The van der Waals surface area contributed by atoms with E-state index in [-0.39, 0.29) is 4.87 Å². The predicted octanol–water partition coefficient (Wildman–Crippen LogP) is 3.17. The average Bonchev–Trinajstić information content (AvgIpc) is 2.62. The highest BCUT2D eigenvalue weighted by Gasteiger charge is 2.49. The molecule has 0 heterocycles. The molecule has 11 heavy (non-hydrogen) atoms. The average molecular weight is 167 g/mol. The zero-order chi connectivity index (χ0) is 7.90. The van der Waals surface area contributed by atoms with Gasteiger partial charge in [0.25, 0.3) is 0 Å². The van der Waals surface area contributed by atoms with E-state index < -0.39 is 0 Å². The molecule has 1 aliphatic rings. The summed E-state index contributed by atoms with van der Waals surface area (Å²) in [7, 11) is 0. The van der Waals surface area contributed by atoms with Crippen LogP contribution in [0.15, 0.2) is 30.3 Å². The van der Waals surface area contributed by atoms with Gasteiger partial charge < -0.3 is 0 Å². The Hall–Kier alpha value is -0.490. The number of benzene rings is 1. The first-order valence-corrected chi connectivity index (χ1v) is 4.32. The van der Waals surface area contributed by atoms with Crippen molar-refractivity contribution in [1.29, 1.82) is 0 Å². The van der Waals surface area contributed by atoms with E-state index >= 15 is 0 Å². The molecule has 2 atom stereocenters. The first-order chi connectivity index (χ1) is 5.20. The molecule has 0 spiro atoms. The van der Waals surface area contributed by atoms with E-state index in [4.69, 9.17) is 11.6 Å². The molecule has 0 bridgehead atoms. The van der Waals surface area contributed by atoms with Crippen LogP contribution in [0.2, 0.25) is 0 Å². The lowest BCUT2D eigenvalue weighted by molar-refractivity contribution is 0.958. The lowest BCUT2D eigenvalue weighted by Gasteiger charge is -1.99. The van der Waals surface area contributed by atoms with Gasteiger partial charge in [-0.2, -0.15) is 0 Å². The van der Waals surface area contributed by atoms with Gasteiger partial charge in [0.05, 0.1) is 0 Å². The molecule has 0 nitrogen and oxygen atoms in total. The van der Waals surface area contributed by atoms with Gasteiger partial charge in [-0.15, -0.1) is 11.6 Å². The molecule has 0 aromatic heterocycles. The summed E-state index contributed by atoms with van der Waals surface area (Å²) in [6.07, 6.45) is 1.12. The maximum atomic E-state index is 6.14. The fraction of sp³-hybridized carbons (Fsp3) is 0.400. The van der Waals surface area contributed by atoms with Gasteiger partial charge in [0.1, 0.15) is 0 Å². The third-order valence-electron chi connectivity index (χ3n) is 2.37. The molecule has 1 aliphatic carbocycles. The minimum atomic E-state index is 0.0430. The van der Waals surface area contributed by atoms with Gasteiger partial charge >= 0.3 is 0 Å². The predicted molar refractivity (Wildman–Crippen MR) is 48.1 cm³/mol. The smallest absolute Gasteiger partial charge is 0.0494 e. The first-order valence-electron chi connectivity index (χ1n) is 3.94. The van der Waals surface area contributed by atoms with Crippen molar-refractivity contribution in [2.24, 2.45) is 0 Å². The van der Waals surface area contributed by atoms with E-state index in [1.165, 1.54) is 5.56 Å². The highest BCUT2D eigenvalue weighted by molar-refractivity contribution is 6.26. The minimum absolute atomic E-state index is 0.0430. The molecule has 1 heteroatoms. The molecule has 1 saturated carbocycles. The minimum Gasteiger partial charge on any atom is -0.119 e. The van der Waals surface area contributed by atoms with Crippen molar-refractivity contribution in [3.8, 4) is 0 Å². The van der Waals surface area contributed by atoms with Gasteiger partial charge in [-0.05, 0) is 18.9 Å². The van der Waals surface area contributed by atoms with Crippen LogP contribution in [0.3, 0.4) is 0 Å². The largest absolute Gasteiger partial charge is 0.119 e. The Morgan fingerprint density at radius 1 is 1.36 bits per heavy atom. The van der Waals surface area contributed by atoms with E-state index in [1.54, 1.807) is 0 Å². The van der Waals surface area contributed by atoms with E-state index in [9.17, 15) is 0 Å². The fourth-order valence-corrected chi connectivity index (χ4v) is 1.77. The second kappa shape index (κ2) is 2.25. The lowest BCUT2D eigenvalue weighted by Crippen LogP contribution is -1.92. The molecular formula is C10H11Cl. The molecule has 0 radical (unpaired) electrons. The Bertz CT molecular complexity index is 251. The second-order valence-corrected chi connectivity index (χ2v) is 4.31. The van der Waals surface area contributed by atoms with Crippen molar-refractivity contribution in [1.82, 2.24) is 0 Å². The van der Waals surface area contributed by atoms with Crippen molar-refractivity contribution in [2.75, 3.05) is 0 Å². The number of halogens is 1. The first kappa shape index (κ1) is 7.17. The molecule has 0 saturated heterocycles. The van der Waals surface area contributed by atoms with Gasteiger partial charge in [0, 0.05) is 10.8 Å². The molecule has 2 rings (SSSR count). The topological polar surface area (TPSA) is 0 Å². The van der Waals surface area contributed by atoms with Gasteiger partial charge in [-0.1, -0.05) is 30.3 Å². The van der Waals surface area contributed by atoms with Crippen molar-refractivity contribution in [2.45, 2.75) is 24.1 Å². The number of hydrogen-bond donors (Lipinski definition) is 0. The molecule has 1 aromatic rings. The normalized spacial score (nSPS) is 35.3. The molecule has 0 aliphatic heterocycles. The number of hydrogen-bond acceptors (Lipinski definition) is 0. The van der Waals surface area contributed by atoms with Crippen LogP contribution in [0.1, 0.15) is 24.8 Å². The Balaban J connectivity index is 2.21. The summed E-state index contributed by atoms with van der Waals surface area (Å²) in [6, 6.07) is 10.5. The standard InChI is InChI=1S/C10H11Cl/c1-10(11)7-9(10)8-5-3-2-4-6-8/h2-6,9H,7H2,1H3/t9-,10-/m1/s1. The zero-order valence-electron chi connectivity index (χ0n) is 6.55. The van der Waals surface area contributed by atoms with Crippen LogP contribution in [0.25, 0.3) is 0 Å². The molecule has 1 fully saturated rings. The highest BCUT2D eigenvalue weighted by atomic mass is 35.5. The Kier molecular flexibility index (Phi) is 1.47. The third kappa shape index (κ3) is 1.28. The summed E-state index contributed by atoms with van der Waals surface area (Å²) in [5, 5.41) is 0. The van der Waals surface area contributed by atoms with Crippen LogP contribution in [0.5, 0.6) is 0 Å². The molecule has 1 aromatic carbocycles. The van der Waals surface area contributed by atoms with Gasteiger partial charge in [0.15, 0.2) is 0 Å². The van der Waals surface area contributed by atoms with E-state index in [2.05, 4.69) is 31.2 Å². The van der Waals surface area contributed by atoms with Crippen LogP contribution in [-0.4, -0.2) is 4.87 Å². The quantitative estimate of drug-likeness (QED) is 0.563. The van der Waals surface area contributed by atoms with Crippen molar-refractivity contribution < 1.29 is 0 Å². The maximum absolute atomic E-state index is 6.14. The summed E-state index contributed by atoms with van der Waals surface area (Å²) in [4.78, 5) is 0.0430. The maximum Gasteiger partial charge on any atom is 0.0494 e. The molecule has 0 N–H and O–H groups in total. The monoisotopic (exact) mass is 166 g/mol. The lowest BCUT2D eigenvalue weighted by atomic mass is 10.1. The summed E-state index contributed by atoms with van der Waals surface area (Å²) in [5.74, 6) is 0.588. The molecular weight excluding hydrogens is 156 g/mol. The van der Waals surface area contributed by atoms with Gasteiger partial charge in [-0.3, -0.25) is 0 Å². The fourth-order valence-electron chi connectivity index (χ4n) is 1.49. The summed E-state index contributed by atoms with van der Waals surface area (Å²) < 4.78 is 0. The van der Waals surface area contributed by atoms with Crippen LogP contribution >= 0.6 is 11.6 Å². The Morgan fingerprint density at radius 3 is 2.36 bits per heavy atom. The molecule has 58 valence electrons.